The number of amides is 2. The van der Waals surface area contributed by atoms with Crippen molar-refractivity contribution in [1.29, 1.82) is 0 Å². The summed E-state index contributed by atoms with van der Waals surface area (Å²) < 4.78 is 10.2. The Bertz CT molecular complexity index is 1130. The summed E-state index contributed by atoms with van der Waals surface area (Å²) in [5.41, 5.74) is 2.78. The van der Waals surface area contributed by atoms with E-state index in [9.17, 15) is 14.4 Å². The molecule has 0 radical (unpaired) electrons. The SMILES string of the molecule is COc1ccc(CCC(=O)NCc2ccccc2NC(=O)c2cccc(OC(C)=O)c2)cc1. The van der Waals surface area contributed by atoms with E-state index in [2.05, 4.69) is 10.6 Å². The maximum absolute atomic E-state index is 12.7. The van der Waals surface area contributed by atoms with Crippen LogP contribution < -0.4 is 20.1 Å². The number of hydrogen-bond acceptors (Lipinski definition) is 5. The molecule has 0 atom stereocenters. The van der Waals surface area contributed by atoms with E-state index >= 15 is 0 Å². The number of anilines is 1. The monoisotopic (exact) mass is 446 g/mol. The van der Waals surface area contributed by atoms with Crippen molar-refractivity contribution in [1.82, 2.24) is 5.32 Å². The van der Waals surface area contributed by atoms with E-state index in [1.807, 2.05) is 36.4 Å². The number of carbonyl (C=O) groups is 3. The van der Waals surface area contributed by atoms with Crippen LogP contribution >= 0.6 is 0 Å². The Hall–Kier alpha value is -4.13. The summed E-state index contributed by atoms with van der Waals surface area (Å²) in [4.78, 5) is 36.2. The van der Waals surface area contributed by atoms with E-state index in [0.717, 1.165) is 16.9 Å². The minimum absolute atomic E-state index is 0.0824. The van der Waals surface area contributed by atoms with E-state index in [4.69, 9.17) is 9.47 Å². The maximum Gasteiger partial charge on any atom is 0.308 e. The first-order valence-corrected chi connectivity index (χ1v) is 10.5. The quantitative estimate of drug-likeness (QED) is 0.381. The fourth-order valence-corrected chi connectivity index (χ4v) is 3.19. The summed E-state index contributed by atoms with van der Waals surface area (Å²) in [7, 11) is 1.61. The van der Waals surface area contributed by atoms with E-state index in [0.29, 0.717) is 29.8 Å². The number of methoxy groups -OCH3 is 1. The predicted molar refractivity (Wildman–Crippen MR) is 125 cm³/mol. The van der Waals surface area contributed by atoms with Gasteiger partial charge in [-0.2, -0.15) is 0 Å². The molecule has 0 spiro atoms. The zero-order chi connectivity index (χ0) is 23.6. The summed E-state index contributed by atoms with van der Waals surface area (Å²) in [6.07, 6.45) is 0.969. The number of nitrogens with one attached hydrogen (secondary N) is 2. The summed E-state index contributed by atoms with van der Waals surface area (Å²) in [6, 6.07) is 21.3. The third-order valence-corrected chi connectivity index (χ3v) is 4.90. The summed E-state index contributed by atoms with van der Waals surface area (Å²) in [5.74, 6) is 0.191. The highest BCUT2D eigenvalue weighted by atomic mass is 16.5. The van der Waals surface area contributed by atoms with Crippen LogP contribution in [-0.2, 0) is 22.6 Å². The second-order valence-corrected chi connectivity index (χ2v) is 7.36. The molecule has 2 N–H and O–H groups in total. The van der Waals surface area contributed by atoms with Crippen molar-refractivity contribution in [2.45, 2.75) is 26.3 Å². The van der Waals surface area contributed by atoms with Crippen LogP contribution in [-0.4, -0.2) is 24.9 Å². The Labute approximate surface area is 192 Å². The molecule has 3 aromatic carbocycles. The highest BCUT2D eigenvalue weighted by molar-refractivity contribution is 6.05. The molecule has 3 rings (SSSR count). The zero-order valence-corrected chi connectivity index (χ0v) is 18.6. The van der Waals surface area contributed by atoms with E-state index in [1.54, 1.807) is 37.4 Å². The third kappa shape index (κ3) is 7.21. The molecule has 0 heterocycles. The van der Waals surface area contributed by atoms with E-state index in [1.165, 1.54) is 13.0 Å². The fourth-order valence-electron chi connectivity index (χ4n) is 3.19. The Balaban J connectivity index is 1.57. The van der Waals surface area contributed by atoms with Gasteiger partial charge in [-0.3, -0.25) is 14.4 Å². The standard InChI is InChI=1S/C26H26N2O5/c1-18(29)33-23-8-5-7-20(16-23)26(31)28-24-9-4-3-6-21(24)17-27-25(30)15-12-19-10-13-22(32-2)14-11-19/h3-11,13-14,16H,12,15,17H2,1-2H3,(H,27,30)(H,28,31). The molecule has 0 unspecified atom stereocenters. The van der Waals surface area contributed by atoms with Crippen molar-refractivity contribution >= 4 is 23.5 Å². The molecule has 0 aromatic heterocycles. The van der Waals surface area contributed by atoms with Crippen LogP contribution in [0.1, 0.15) is 34.8 Å². The first-order chi connectivity index (χ1) is 15.9. The van der Waals surface area contributed by atoms with Crippen molar-refractivity contribution in [2.24, 2.45) is 0 Å². The van der Waals surface area contributed by atoms with Crippen LogP contribution in [0.15, 0.2) is 72.8 Å². The van der Waals surface area contributed by atoms with Gasteiger partial charge in [-0.25, -0.2) is 0 Å². The van der Waals surface area contributed by atoms with E-state index in [-0.39, 0.29) is 18.4 Å². The van der Waals surface area contributed by atoms with Gasteiger partial charge in [0.15, 0.2) is 0 Å². The average Bonchev–Trinajstić information content (AvgIpc) is 2.82. The lowest BCUT2D eigenvalue weighted by molar-refractivity contribution is -0.131. The molecule has 7 heteroatoms. The number of aryl methyl sites for hydroxylation is 1. The lowest BCUT2D eigenvalue weighted by atomic mass is 10.1. The molecular weight excluding hydrogens is 420 g/mol. The minimum Gasteiger partial charge on any atom is -0.497 e. The molecular formula is C26H26N2O5. The van der Waals surface area contributed by atoms with Crippen molar-refractivity contribution in [3.8, 4) is 11.5 Å². The molecule has 0 bridgehead atoms. The van der Waals surface area contributed by atoms with Gasteiger partial charge in [0.25, 0.3) is 5.91 Å². The van der Waals surface area contributed by atoms with Gasteiger partial charge in [0.1, 0.15) is 11.5 Å². The Kier molecular flexibility index (Phi) is 8.18. The molecule has 2 amide bonds. The number of para-hydroxylation sites is 1. The molecule has 0 saturated carbocycles. The lowest BCUT2D eigenvalue weighted by Gasteiger charge is -2.13. The van der Waals surface area contributed by atoms with Gasteiger partial charge in [0, 0.05) is 31.1 Å². The summed E-state index contributed by atoms with van der Waals surface area (Å²) in [6.45, 7) is 1.58. The normalized spacial score (nSPS) is 10.2. The van der Waals surface area contributed by atoms with Gasteiger partial charge in [-0.1, -0.05) is 36.4 Å². The van der Waals surface area contributed by atoms with Crippen LogP contribution in [0.3, 0.4) is 0 Å². The van der Waals surface area contributed by atoms with E-state index < -0.39 is 5.97 Å². The zero-order valence-electron chi connectivity index (χ0n) is 18.6. The van der Waals surface area contributed by atoms with Crippen LogP contribution in [0.25, 0.3) is 0 Å². The lowest BCUT2D eigenvalue weighted by Crippen LogP contribution is -2.24. The van der Waals surface area contributed by atoms with Gasteiger partial charge in [0.05, 0.1) is 7.11 Å². The smallest absolute Gasteiger partial charge is 0.308 e. The molecule has 0 aliphatic heterocycles. The number of ether oxygens (including phenoxy) is 2. The van der Waals surface area contributed by atoms with Crippen molar-refractivity contribution < 1.29 is 23.9 Å². The van der Waals surface area contributed by atoms with Gasteiger partial charge in [0.2, 0.25) is 5.91 Å². The Morgan fingerprint density at radius 1 is 0.879 bits per heavy atom. The topological polar surface area (TPSA) is 93.7 Å². The molecule has 0 saturated heterocycles. The second-order valence-electron chi connectivity index (χ2n) is 7.36. The summed E-state index contributed by atoms with van der Waals surface area (Å²) >= 11 is 0. The molecule has 0 aliphatic carbocycles. The molecule has 170 valence electrons. The molecule has 3 aromatic rings. The Morgan fingerprint density at radius 2 is 1.64 bits per heavy atom. The number of esters is 1. The van der Waals surface area contributed by atoms with Crippen LogP contribution in [0.5, 0.6) is 11.5 Å². The molecule has 33 heavy (non-hydrogen) atoms. The van der Waals surface area contributed by atoms with Crippen LogP contribution in [0.2, 0.25) is 0 Å². The number of hydrogen-bond donors (Lipinski definition) is 2. The molecule has 7 nitrogen and oxygen atoms in total. The average molecular weight is 447 g/mol. The van der Waals surface area contributed by atoms with Crippen LogP contribution in [0, 0.1) is 0 Å². The predicted octanol–water partition coefficient (Wildman–Crippen LogP) is 4.12. The van der Waals surface area contributed by atoms with Gasteiger partial charge >= 0.3 is 5.97 Å². The summed E-state index contributed by atoms with van der Waals surface area (Å²) in [5, 5.41) is 5.76. The first-order valence-electron chi connectivity index (χ1n) is 10.5. The number of carbonyl (C=O) groups excluding carboxylic acids is 3. The molecule has 0 aliphatic rings. The van der Waals surface area contributed by atoms with Crippen LogP contribution in [0.4, 0.5) is 5.69 Å². The maximum atomic E-state index is 12.7. The third-order valence-electron chi connectivity index (χ3n) is 4.90. The highest BCUT2D eigenvalue weighted by Crippen LogP contribution is 2.19. The second kappa shape index (κ2) is 11.5. The number of benzene rings is 3. The highest BCUT2D eigenvalue weighted by Gasteiger charge is 2.11. The van der Waals surface area contributed by atoms with Gasteiger partial charge in [-0.05, 0) is 53.9 Å². The Morgan fingerprint density at radius 3 is 2.36 bits per heavy atom. The van der Waals surface area contributed by atoms with Crippen molar-refractivity contribution in [3.63, 3.8) is 0 Å². The van der Waals surface area contributed by atoms with Gasteiger partial charge in [-0.15, -0.1) is 0 Å². The fraction of sp³-hybridized carbons (Fsp3) is 0.192. The minimum atomic E-state index is -0.458. The van der Waals surface area contributed by atoms with Gasteiger partial charge < -0.3 is 20.1 Å². The van der Waals surface area contributed by atoms with Crippen molar-refractivity contribution in [2.75, 3.05) is 12.4 Å². The van der Waals surface area contributed by atoms with Crippen molar-refractivity contribution in [3.05, 3.63) is 89.5 Å². The first kappa shape index (κ1) is 23.5. The molecule has 0 fully saturated rings. The largest absolute Gasteiger partial charge is 0.497 e. The number of rotatable bonds is 9.